The van der Waals surface area contributed by atoms with Crippen molar-refractivity contribution in [2.45, 2.75) is 6.92 Å². The van der Waals surface area contributed by atoms with Crippen LogP contribution in [0.4, 0.5) is 0 Å². The first-order valence-electron chi connectivity index (χ1n) is 6.57. The van der Waals surface area contributed by atoms with E-state index in [0.717, 1.165) is 22.5 Å². The molecule has 0 aliphatic carbocycles. The highest BCUT2D eigenvalue weighted by Crippen LogP contribution is 2.19. The number of ether oxygens (including phenoxy) is 1. The number of pyridine rings is 1. The lowest BCUT2D eigenvalue weighted by molar-refractivity contribution is -0.138. The van der Waals surface area contributed by atoms with Crippen LogP contribution in [0.2, 0.25) is 0 Å². The van der Waals surface area contributed by atoms with Gasteiger partial charge in [0.1, 0.15) is 11.2 Å². The average molecular weight is 266 g/mol. The summed E-state index contributed by atoms with van der Waals surface area (Å²) in [5, 5.41) is 5.88. The molecule has 0 amide bonds. The highest BCUT2D eigenvalue weighted by molar-refractivity contribution is 5.89. The van der Waals surface area contributed by atoms with Crippen molar-refractivity contribution in [3.63, 3.8) is 0 Å². The van der Waals surface area contributed by atoms with Crippen LogP contribution in [-0.4, -0.2) is 21.9 Å². The van der Waals surface area contributed by atoms with Crippen LogP contribution in [0.1, 0.15) is 12.5 Å². The zero-order valence-corrected chi connectivity index (χ0v) is 11.3. The molecule has 0 saturated heterocycles. The van der Waals surface area contributed by atoms with Gasteiger partial charge < -0.3 is 9.14 Å². The molecule has 0 unspecified atom stereocenters. The second kappa shape index (κ2) is 5.17. The van der Waals surface area contributed by atoms with Gasteiger partial charge in [0.05, 0.1) is 12.3 Å². The van der Waals surface area contributed by atoms with Crippen LogP contribution in [0, 0.1) is 0 Å². The summed E-state index contributed by atoms with van der Waals surface area (Å²) in [5.41, 5.74) is 3.78. The van der Waals surface area contributed by atoms with E-state index in [1.165, 1.54) is 0 Å². The summed E-state index contributed by atoms with van der Waals surface area (Å²) in [6, 6.07) is 14.0. The van der Waals surface area contributed by atoms with E-state index < -0.39 is 0 Å². The van der Waals surface area contributed by atoms with Crippen molar-refractivity contribution in [1.82, 2.24) is 9.38 Å². The van der Waals surface area contributed by atoms with Gasteiger partial charge in [-0.25, -0.2) is 10.4 Å². The molecule has 100 valence electrons. The number of benzene rings is 1. The Kier molecular flexibility index (Phi) is 3.21. The molecule has 2 aromatic heterocycles. The molecule has 20 heavy (non-hydrogen) atoms. The van der Waals surface area contributed by atoms with Crippen LogP contribution in [0.3, 0.4) is 0 Å². The molecule has 1 aromatic carbocycles. The van der Waals surface area contributed by atoms with Gasteiger partial charge in [-0.1, -0.05) is 30.3 Å². The number of rotatable bonds is 3. The Balaban J connectivity index is 2.02. The number of aromatic nitrogens is 2. The van der Waals surface area contributed by atoms with Gasteiger partial charge in [-0.15, -0.1) is 0 Å². The van der Waals surface area contributed by atoms with Gasteiger partial charge in [0.2, 0.25) is 0 Å². The summed E-state index contributed by atoms with van der Waals surface area (Å²) < 4.78 is 7.29. The van der Waals surface area contributed by atoms with Crippen LogP contribution in [0.15, 0.2) is 54.9 Å². The zero-order chi connectivity index (χ0) is 13.9. The van der Waals surface area contributed by atoms with Crippen LogP contribution < -0.4 is 5.41 Å². The van der Waals surface area contributed by atoms with E-state index in [1.54, 1.807) is 0 Å². The average Bonchev–Trinajstić information content (AvgIpc) is 2.91. The lowest BCUT2D eigenvalue weighted by Gasteiger charge is -2.00. The van der Waals surface area contributed by atoms with E-state index in [2.05, 4.69) is 4.98 Å². The topological polar surface area (TPSA) is 52.1 Å². The van der Waals surface area contributed by atoms with Crippen molar-refractivity contribution < 1.29 is 10.1 Å². The molecule has 0 bridgehead atoms. The predicted molar refractivity (Wildman–Crippen MR) is 78.3 cm³/mol. The van der Waals surface area contributed by atoms with Crippen LogP contribution >= 0.6 is 0 Å². The highest BCUT2D eigenvalue weighted by atomic mass is 16.5. The van der Waals surface area contributed by atoms with E-state index in [0.29, 0.717) is 12.5 Å². The maximum absolute atomic E-state index is 5.88. The fraction of sp³-hybridized carbons (Fsp3) is 0.125. The molecule has 0 radical (unpaired) electrons. The second-order valence-electron chi connectivity index (χ2n) is 4.47. The molecule has 3 aromatic rings. The van der Waals surface area contributed by atoms with E-state index in [1.807, 2.05) is 66.2 Å². The Morgan fingerprint density at radius 3 is 2.70 bits per heavy atom. The van der Waals surface area contributed by atoms with Gasteiger partial charge in [0, 0.05) is 18.0 Å². The monoisotopic (exact) mass is 266 g/mol. The van der Waals surface area contributed by atoms with Crippen molar-refractivity contribution in [3.05, 3.63) is 60.4 Å². The molecule has 4 heteroatoms. The maximum atomic E-state index is 5.88. The third-order valence-electron chi connectivity index (χ3n) is 3.10. The molecule has 2 N–H and O–H groups in total. The number of nitrogens with zero attached hydrogens (tertiary/aromatic N) is 2. The molecule has 0 fully saturated rings. The molecular formula is C16H16N3O+. The van der Waals surface area contributed by atoms with Gasteiger partial charge in [0.15, 0.2) is 0 Å². The van der Waals surface area contributed by atoms with E-state index in [4.69, 9.17) is 10.1 Å². The van der Waals surface area contributed by atoms with Crippen LogP contribution in [0.25, 0.3) is 16.9 Å². The SMILES string of the molecule is CCOC(=[NH2+])c1ccc2nc(-c3ccccc3)cn2c1. The quantitative estimate of drug-likeness (QED) is 0.577. The van der Waals surface area contributed by atoms with Crippen molar-refractivity contribution in [2.24, 2.45) is 0 Å². The molecule has 0 atom stereocenters. The largest absolute Gasteiger partial charge is 0.445 e. The molecule has 2 heterocycles. The minimum atomic E-state index is 0.435. The van der Waals surface area contributed by atoms with Crippen molar-refractivity contribution >= 4 is 11.5 Å². The Hall–Kier alpha value is -2.62. The summed E-state index contributed by atoms with van der Waals surface area (Å²) in [4.78, 5) is 4.60. The fourth-order valence-electron chi connectivity index (χ4n) is 2.12. The second-order valence-corrected chi connectivity index (χ2v) is 4.47. The first kappa shape index (κ1) is 12.4. The van der Waals surface area contributed by atoms with Crippen LogP contribution in [0.5, 0.6) is 0 Å². The van der Waals surface area contributed by atoms with Gasteiger partial charge in [-0.3, -0.25) is 0 Å². The zero-order valence-electron chi connectivity index (χ0n) is 11.3. The van der Waals surface area contributed by atoms with Crippen molar-refractivity contribution in [3.8, 4) is 11.3 Å². The minimum absolute atomic E-state index is 0.435. The van der Waals surface area contributed by atoms with Gasteiger partial charge in [0.25, 0.3) is 0 Å². The molecule has 0 aliphatic heterocycles. The smallest absolute Gasteiger partial charge is 0.368 e. The van der Waals surface area contributed by atoms with E-state index >= 15 is 0 Å². The number of nitrogens with two attached hydrogens (primary N) is 1. The van der Waals surface area contributed by atoms with E-state index in [-0.39, 0.29) is 0 Å². The van der Waals surface area contributed by atoms with Gasteiger partial charge in [-0.2, -0.15) is 0 Å². The van der Waals surface area contributed by atoms with Gasteiger partial charge >= 0.3 is 5.90 Å². The fourth-order valence-corrected chi connectivity index (χ4v) is 2.12. The van der Waals surface area contributed by atoms with Gasteiger partial charge in [-0.05, 0) is 19.1 Å². The number of hydrogen-bond acceptors (Lipinski definition) is 2. The molecule has 0 spiro atoms. The Bertz CT molecular complexity index is 747. The third-order valence-corrected chi connectivity index (χ3v) is 3.10. The van der Waals surface area contributed by atoms with Crippen molar-refractivity contribution in [2.75, 3.05) is 6.61 Å². The number of fused-ring (bicyclic) bond motifs is 1. The number of imidazole rings is 1. The van der Waals surface area contributed by atoms with Crippen LogP contribution in [-0.2, 0) is 4.74 Å². The Morgan fingerprint density at radius 2 is 1.95 bits per heavy atom. The summed E-state index contributed by atoms with van der Waals surface area (Å²) >= 11 is 0. The minimum Gasteiger partial charge on any atom is -0.445 e. The molecular weight excluding hydrogens is 250 g/mol. The summed E-state index contributed by atoms with van der Waals surface area (Å²) in [7, 11) is 0. The maximum Gasteiger partial charge on any atom is 0.368 e. The number of hydrogen-bond donors (Lipinski definition) is 1. The molecule has 0 saturated carbocycles. The Morgan fingerprint density at radius 1 is 1.15 bits per heavy atom. The third kappa shape index (κ3) is 2.28. The molecule has 4 nitrogen and oxygen atoms in total. The first-order valence-corrected chi connectivity index (χ1v) is 6.57. The normalized spacial score (nSPS) is 10.7. The first-order chi connectivity index (χ1) is 9.78. The lowest BCUT2D eigenvalue weighted by atomic mass is 10.2. The Labute approximate surface area is 117 Å². The summed E-state index contributed by atoms with van der Waals surface area (Å²) in [6.07, 6.45) is 3.92. The molecule has 0 aliphatic rings. The molecule has 3 rings (SSSR count). The van der Waals surface area contributed by atoms with E-state index in [9.17, 15) is 0 Å². The summed E-state index contributed by atoms with van der Waals surface area (Å²) in [5.74, 6) is 0.435. The van der Waals surface area contributed by atoms with Crippen molar-refractivity contribution in [1.29, 1.82) is 0 Å². The highest BCUT2D eigenvalue weighted by Gasteiger charge is 2.10. The lowest BCUT2D eigenvalue weighted by Crippen LogP contribution is -2.42. The summed E-state index contributed by atoms with van der Waals surface area (Å²) in [6.45, 7) is 2.47. The predicted octanol–water partition coefficient (Wildman–Crippen LogP) is 1.54. The standard InChI is InChI=1S/C16H15N3O/c1-2-20-16(17)13-8-9-15-18-14(11-19(15)10-13)12-6-4-3-5-7-12/h3-11,17H,2H2,1H3/p+1.